The molecule has 0 unspecified atom stereocenters. The molecule has 0 saturated carbocycles. The second kappa shape index (κ2) is 7.97. The highest BCUT2D eigenvalue weighted by Gasteiger charge is 2.26. The highest BCUT2D eigenvalue weighted by Crippen LogP contribution is 2.27. The first kappa shape index (κ1) is 19.2. The van der Waals surface area contributed by atoms with Crippen LogP contribution in [0.15, 0.2) is 22.7 Å². The van der Waals surface area contributed by atoms with Crippen LogP contribution in [0.1, 0.15) is 39.0 Å². The van der Waals surface area contributed by atoms with Crippen LogP contribution in [-0.2, 0) is 4.74 Å². The number of nitrogen functional groups attached to an aromatic ring is 1. The Hall–Kier alpha value is -2.59. The van der Waals surface area contributed by atoms with Crippen molar-refractivity contribution in [3.8, 4) is 10.7 Å². The standard InChI is InChI=1S/C17H19N5O3S2/c1-4-25-16(24)14-10(3)19-9(2)13(14)11(23)8-27-17-21-20-15(22(17)18)12-6-5-7-26-12/h5-7,19H,4,8,18H2,1-3H3. The highest BCUT2D eigenvalue weighted by molar-refractivity contribution is 7.99. The molecule has 3 aromatic rings. The van der Waals surface area contributed by atoms with Crippen LogP contribution in [-0.4, -0.2) is 44.0 Å². The molecular formula is C17H19N5O3S2. The molecule has 0 amide bonds. The van der Waals surface area contributed by atoms with Gasteiger partial charge in [-0.2, -0.15) is 0 Å². The minimum atomic E-state index is -0.505. The van der Waals surface area contributed by atoms with Gasteiger partial charge in [-0.3, -0.25) is 4.79 Å². The minimum Gasteiger partial charge on any atom is -0.462 e. The molecule has 27 heavy (non-hydrogen) atoms. The van der Waals surface area contributed by atoms with Gasteiger partial charge in [-0.25, -0.2) is 9.47 Å². The highest BCUT2D eigenvalue weighted by atomic mass is 32.2. The smallest absolute Gasteiger partial charge is 0.340 e. The van der Waals surface area contributed by atoms with Gasteiger partial charge < -0.3 is 15.6 Å². The Morgan fingerprint density at radius 2 is 2.04 bits per heavy atom. The Morgan fingerprint density at radius 1 is 1.30 bits per heavy atom. The van der Waals surface area contributed by atoms with Crippen LogP contribution in [0, 0.1) is 13.8 Å². The number of ether oxygens (including phenoxy) is 1. The fraction of sp³-hybridized carbons (Fsp3) is 0.294. The van der Waals surface area contributed by atoms with E-state index < -0.39 is 5.97 Å². The number of aryl methyl sites for hydroxylation is 2. The topological polar surface area (TPSA) is 116 Å². The third-order valence-corrected chi connectivity index (χ3v) is 5.68. The van der Waals surface area contributed by atoms with Gasteiger partial charge in [0, 0.05) is 11.4 Å². The van der Waals surface area contributed by atoms with E-state index in [4.69, 9.17) is 10.6 Å². The Labute approximate surface area is 164 Å². The van der Waals surface area contributed by atoms with E-state index in [0.717, 1.165) is 4.88 Å². The molecule has 0 radical (unpaired) electrons. The number of nitrogens with two attached hydrogens (primary N) is 1. The summed E-state index contributed by atoms with van der Waals surface area (Å²) in [5.41, 5.74) is 1.88. The van der Waals surface area contributed by atoms with Crippen molar-refractivity contribution in [3.05, 3.63) is 40.0 Å². The monoisotopic (exact) mass is 405 g/mol. The molecule has 3 heterocycles. The van der Waals surface area contributed by atoms with Crippen molar-refractivity contribution in [2.75, 3.05) is 18.2 Å². The summed E-state index contributed by atoms with van der Waals surface area (Å²) >= 11 is 2.68. The molecular weight excluding hydrogens is 386 g/mol. The maximum Gasteiger partial charge on any atom is 0.340 e. The van der Waals surface area contributed by atoms with E-state index >= 15 is 0 Å². The van der Waals surface area contributed by atoms with Crippen molar-refractivity contribution in [2.24, 2.45) is 0 Å². The van der Waals surface area contributed by atoms with Gasteiger partial charge in [-0.05, 0) is 32.2 Å². The van der Waals surface area contributed by atoms with Crippen LogP contribution in [0.5, 0.6) is 0 Å². The Kier molecular flexibility index (Phi) is 5.66. The predicted octanol–water partition coefficient (Wildman–Crippen LogP) is 2.82. The summed E-state index contributed by atoms with van der Waals surface area (Å²) in [5.74, 6) is 5.97. The summed E-state index contributed by atoms with van der Waals surface area (Å²) in [7, 11) is 0. The normalized spacial score (nSPS) is 10.9. The number of esters is 1. The zero-order valence-electron chi connectivity index (χ0n) is 15.1. The van der Waals surface area contributed by atoms with Crippen LogP contribution in [0.4, 0.5) is 0 Å². The van der Waals surface area contributed by atoms with E-state index in [1.807, 2.05) is 17.5 Å². The number of aromatic nitrogens is 4. The fourth-order valence-electron chi connectivity index (χ4n) is 2.74. The minimum absolute atomic E-state index is 0.0737. The van der Waals surface area contributed by atoms with Crippen molar-refractivity contribution in [1.29, 1.82) is 0 Å². The molecule has 10 heteroatoms. The summed E-state index contributed by atoms with van der Waals surface area (Å²) in [5, 5.41) is 10.5. The molecule has 3 rings (SSSR count). The number of nitrogens with one attached hydrogen (secondary N) is 1. The van der Waals surface area contributed by atoms with Crippen LogP contribution in [0.3, 0.4) is 0 Å². The predicted molar refractivity (Wildman–Crippen MR) is 105 cm³/mol. The van der Waals surface area contributed by atoms with E-state index in [-0.39, 0.29) is 23.7 Å². The lowest BCUT2D eigenvalue weighted by Crippen LogP contribution is -2.15. The third-order valence-electron chi connectivity index (χ3n) is 3.87. The number of aromatic amines is 1. The lowest BCUT2D eigenvalue weighted by atomic mass is 10.1. The first-order valence-corrected chi connectivity index (χ1v) is 10.1. The van der Waals surface area contributed by atoms with Gasteiger partial charge in [-0.1, -0.05) is 17.8 Å². The Balaban J connectivity index is 1.79. The van der Waals surface area contributed by atoms with Crippen molar-refractivity contribution in [3.63, 3.8) is 0 Å². The number of carbonyl (C=O) groups excluding carboxylic acids is 2. The molecule has 0 spiro atoms. The fourth-order valence-corrected chi connectivity index (χ4v) is 4.17. The molecule has 0 fully saturated rings. The first-order valence-electron chi connectivity index (χ1n) is 8.20. The lowest BCUT2D eigenvalue weighted by molar-refractivity contribution is 0.0522. The van der Waals surface area contributed by atoms with E-state index in [2.05, 4.69) is 15.2 Å². The first-order chi connectivity index (χ1) is 12.9. The molecule has 142 valence electrons. The van der Waals surface area contributed by atoms with E-state index in [0.29, 0.717) is 27.9 Å². The van der Waals surface area contributed by atoms with Crippen LogP contribution in [0.25, 0.3) is 10.7 Å². The molecule has 0 aliphatic heterocycles. The summed E-state index contributed by atoms with van der Waals surface area (Å²) in [6.45, 7) is 5.47. The molecule has 0 aromatic carbocycles. The van der Waals surface area contributed by atoms with Crippen molar-refractivity contribution in [1.82, 2.24) is 19.9 Å². The van der Waals surface area contributed by atoms with Crippen LogP contribution >= 0.6 is 23.1 Å². The molecule has 0 saturated heterocycles. The van der Waals surface area contributed by atoms with Gasteiger partial charge in [0.15, 0.2) is 11.6 Å². The van der Waals surface area contributed by atoms with Gasteiger partial charge in [0.2, 0.25) is 5.16 Å². The van der Waals surface area contributed by atoms with Gasteiger partial charge in [-0.15, -0.1) is 21.5 Å². The third kappa shape index (κ3) is 3.76. The van der Waals surface area contributed by atoms with Gasteiger partial charge in [0.1, 0.15) is 0 Å². The second-order valence-electron chi connectivity index (χ2n) is 5.71. The van der Waals surface area contributed by atoms with Gasteiger partial charge in [0.05, 0.1) is 28.4 Å². The number of H-pyrrole nitrogens is 1. The summed E-state index contributed by atoms with van der Waals surface area (Å²) < 4.78 is 6.44. The quantitative estimate of drug-likeness (QED) is 0.269. The molecule has 0 aliphatic carbocycles. The number of hydrogen-bond acceptors (Lipinski definition) is 8. The number of carbonyl (C=O) groups is 2. The van der Waals surface area contributed by atoms with Crippen molar-refractivity contribution >= 4 is 34.9 Å². The number of thioether (sulfide) groups is 1. The Morgan fingerprint density at radius 3 is 2.70 bits per heavy atom. The molecule has 0 bridgehead atoms. The molecule has 0 aliphatic rings. The van der Waals surface area contributed by atoms with E-state index in [1.54, 1.807) is 20.8 Å². The summed E-state index contributed by atoms with van der Waals surface area (Å²) in [6.07, 6.45) is 0. The number of hydrogen-bond donors (Lipinski definition) is 2. The van der Waals surface area contributed by atoms with Gasteiger partial charge >= 0.3 is 5.97 Å². The second-order valence-corrected chi connectivity index (χ2v) is 7.60. The number of nitrogens with zero attached hydrogens (tertiary/aromatic N) is 3. The number of Topliss-reactive ketones (excluding diaryl/α,β-unsaturated/α-hetero) is 1. The van der Waals surface area contributed by atoms with E-state index in [1.165, 1.54) is 27.8 Å². The maximum atomic E-state index is 12.8. The van der Waals surface area contributed by atoms with Crippen molar-refractivity contribution in [2.45, 2.75) is 25.9 Å². The largest absolute Gasteiger partial charge is 0.462 e. The average Bonchev–Trinajstić information content (AvgIpc) is 3.32. The Bertz CT molecular complexity index is 975. The van der Waals surface area contributed by atoms with Crippen molar-refractivity contribution < 1.29 is 14.3 Å². The number of rotatable bonds is 7. The van der Waals surface area contributed by atoms with Gasteiger partial charge in [0.25, 0.3) is 0 Å². The molecule has 8 nitrogen and oxygen atoms in total. The SMILES string of the molecule is CCOC(=O)c1c(C)[nH]c(C)c1C(=O)CSc1nnc(-c2cccs2)n1N. The number of thiophene rings is 1. The maximum absolute atomic E-state index is 12.8. The average molecular weight is 406 g/mol. The molecule has 0 atom stereocenters. The molecule has 3 aromatic heterocycles. The lowest BCUT2D eigenvalue weighted by Gasteiger charge is -2.06. The zero-order valence-corrected chi connectivity index (χ0v) is 16.7. The van der Waals surface area contributed by atoms with E-state index in [9.17, 15) is 9.59 Å². The molecule has 3 N–H and O–H groups in total. The summed E-state index contributed by atoms with van der Waals surface area (Å²) in [6, 6.07) is 3.80. The summed E-state index contributed by atoms with van der Waals surface area (Å²) in [4.78, 5) is 28.9. The number of ketones is 1. The zero-order chi connectivity index (χ0) is 19.6. The van der Waals surface area contributed by atoms with Crippen LogP contribution in [0.2, 0.25) is 0 Å². The van der Waals surface area contributed by atoms with Crippen LogP contribution < -0.4 is 5.84 Å².